The largest absolute Gasteiger partial charge is 0.398 e. The lowest BCUT2D eigenvalue weighted by Crippen LogP contribution is -2.13. The summed E-state index contributed by atoms with van der Waals surface area (Å²) in [6, 6.07) is 5.02. The van der Waals surface area contributed by atoms with Crippen molar-refractivity contribution in [2.24, 2.45) is 5.73 Å². The van der Waals surface area contributed by atoms with Crippen molar-refractivity contribution in [2.45, 2.75) is 0 Å². The van der Waals surface area contributed by atoms with Gasteiger partial charge in [0.05, 0.1) is 5.56 Å². The fourth-order valence-electron chi connectivity index (χ4n) is 1.09. The van der Waals surface area contributed by atoms with Crippen LogP contribution in [0.5, 0.6) is 0 Å². The molecule has 4 nitrogen and oxygen atoms in total. The second-order valence-corrected chi connectivity index (χ2v) is 2.84. The molecule has 0 aromatic heterocycles. The summed E-state index contributed by atoms with van der Waals surface area (Å²) in [5, 5.41) is 3.05. The minimum Gasteiger partial charge on any atom is -0.398 e. The molecule has 74 valence electrons. The molecule has 1 amide bonds. The van der Waals surface area contributed by atoms with Gasteiger partial charge in [-0.3, -0.25) is 4.79 Å². The number of rotatable bonds is 4. The average Bonchev–Trinajstić information content (AvgIpc) is 2.14. The van der Waals surface area contributed by atoms with Crippen molar-refractivity contribution in [3.05, 3.63) is 36.4 Å². The van der Waals surface area contributed by atoms with Crippen molar-refractivity contribution in [3.8, 4) is 0 Å². The molecule has 0 aliphatic rings. The lowest BCUT2D eigenvalue weighted by Gasteiger charge is -2.06. The lowest BCUT2D eigenvalue weighted by atomic mass is 10.1. The first-order valence-corrected chi connectivity index (χ1v) is 4.19. The van der Waals surface area contributed by atoms with Gasteiger partial charge < -0.3 is 16.8 Å². The molecule has 1 aromatic carbocycles. The average molecular weight is 191 g/mol. The normalized spacial score (nSPS) is 9.43. The number of hydrogen-bond donors (Lipinski definition) is 3. The number of nitrogen functional groups attached to an aromatic ring is 1. The third-order valence-corrected chi connectivity index (χ3v) is 1.77. The summed E-state index contributed by atoms with van der Waals surface area (Å²) in [5.41, 5.74) is 12.3. The van der Waals surface area contributed by atoms with Crippen LogP contribution in [-0.4, -0.2) is 12.5 Å². The molecule has 0 saturated heterocycles. The van der Waals surface area contributed by atoms with Gasteiger partial charge in [-0.25, -0.2) is 0 Å². The maximum atomic E-state index is 10.9. The number of nitrogens with two attached hydrogens (primary N) is 2. The zero-order valence-corrected chi connectivity index (χ0v) is 7.79. The highest BCUT2D eigenvalue weighted by Crippen LogP contribution is 2.17. The molecule has 0 fully saturated rings. The van der Waals surface area contributed by atoms with Crippen LogP contribution in [0.1, 0.15) is 10.4 Å². The SMILES string of the molecule is C=CCNc1ccc(C(N)=O)c(N)c1. The van der Waals surface area contributed by atoms with Crippen molar-refractivity contribution in [1.29, 1.82) is 0 Å². The predicted octanol–water partition coefficient (Wildman–Crippen LogP) is 0.966. The molecule has 0 radical (unpaired) electrons. The van der Waals surface area contributed by atoms with Gasteiger partial charge in [0.15, 0.2) is 0 Å². The van der Waals surface area contributed by atoms with Crippen LogP contribution >= 0.6 is 0 Å². The number of carbonyl (C=O) groups excluding carboxylic acids is 1. The van der Waals surface area contributed by atoms with E-state index in [9.17, 15) is 4.79 Å². The van der Waals surface area contributed by atoms with Crippen molar-refractivity contribution in [2.75, 3.05) is 17.6 Å². The Balaban J connectivity index is 2.88. The number of anilines is 2. The number of amides is 1. The summed E-state index contributed by atoms with van der Waals surface area (Å²) in [7, 11) is 0. The van der Waals surface area contributed by atoms with E-state index < -0.39 is 5.91 Å². The number of hydrogen-bond acceptors (Lipinski definition) is 3. The fraction of sp³-hybridized carbons (Fsp3) is 0.100. The summed E-state index contributed by atoms with van der Waals surface area (Å²) in [5.74, 6) is -0.516. The van der Waals surface area contributed by atoms with Gasteiger partial charge in [-0.15, -0.1) is 6.58 Å². The molecular weight excluding hydrogens is 178 g/mol. The molecule has 5 N–H and O–H groups in total. The van der Waals surface area contributed by atoms with Crippen LogP contribution in [0, 0.1) is 0 Å². The molecule has 1 rings (SSSR count). The topological polar surface area (TPSA) is 81.1 Å². The van der Waals surface area contributed by atoms with Crippen LogP contribution in [0.3, 0.4) is 0 Å². The summed E-state index contributed by atoms with van der Waals surface area (Å²) in [4.78, 5) is 10.9. The number of benzene rings is 1. The minimum absolute atomic E-state index is 0.342. The smallest absolute Gasteiger partial charge is 0.250 e. The van der Waals surface area contributed by atoms with Gasteiger partial charge in [-0.05, 0) is 18.2 Å². The third-order valence-electron chi connectivity index (χ3n) is 1.77. The molecule has 4 heteroatoms. The Hall–Kier alpha value is -1.97. The van der Waals surface area contributed by atoms with Crippen LogP contribution in [0.15, 0.2) is 30.9 Å². The van der Waals surface area contributed by atoms with Crippen molar-refractivity contribution in [3.63, 3.8) is 0 Å². The number of carbonyl (C=O) groups is 1. The first-order valence-electron chi connectivity index (χ1n) is 4.19. The first-order chi connectivity index (χ1) is 6.65. The molecule has 0 spiro atoms. The Morgan fingerprint density at radius 2 is 2.29 bits per heavy atom. The zero-order valence-electron chi connectivity index (χ0n) is 7.79. The highest BCUT2D eigenvalue weighted by Gasteiger charge is 2.05. The van der Waals surface area contributed by atoms with E-state index in [1.54, 1.807) is 24.3 Å². The number of nitrogens with one attached hydrogen (secondary N) is 1. The second kappa shape index (κ2) is 4.32. The van der Waals surface area contributed by atoms with E-state index in [0.717, 1.165) is 5.69 Å². The minimum atomic E-state index is -0.516. The Morgan fingerprint density at radius 1 is 1.57 bits per heavy atom. The molecule has 0 saturated carbocycles. The van der Waals surface area contributed by atoms with E-state index in [1.165, 1.54) is 0 Å². The monoisotopic (exact) mass is 191 g/mol. The zero-order chi connectivity index (χ0) is 10.6. The number of primary amides is 1. The van der Waals surface area contributed by atoms with Gasteiger partial charge >= 0.3 is 0 Å². The second-order valence-electron chi connectivity index (χ2n) is 2.84. The molecule has 0 aliphatic carbocycles. The van der Waals surface area contributed by atoms with E-state index >= 15 is 0 Å². The molecule has 0 bridgehead atoms. The summed E-state index contributed by atoms with van der Waals surface area (Å²) < 4.78 is 0. The van der Waals surface area contributed by atoms with Gasteiger partial charge in [0, 0.05) is 17.9 Å². The Kier molecular flexibility index (Phi) is 3.12. The summed E-state index contributed by atoms with van der Waals surface area (Å²) in [6.45, 7) is 4.22. The quantitative estimate of drug-likeness (QED) is 0.490. The lowest BCUT2D eigenvalue weighted by molar-refractivity contribution is 0.100. The Morgan fingerprint density at radius 3 is 2.79 bits per heavy atom. The molecule has 14 heavy (non-hydrogen) atoms. The molecule has 0 atom stereocenters. The van der Waals surface area contributed by atoms with Crippen LogP contribution in [-0.2, 0) is 0 Å². The molecule has 1 aromatic rings. The van der Waals surface area contributed by atoms with E-state index in [0.29, 0.717) is 17.8 Å². The van der Waals surface area contributed by atoms with Gasteiger partial charge in [-0.1, -0.05) is 6.08 Å². The molecule has 0 heterocycles. The maximum Gasteiger partial charge on any atom is 0.250 e. The van der Waals surface area contributed by atoms with Crippen molar-refractivity contribution < 1.29 is 4.79 Å². The van der Waals surface area contributed by atoms with Crippen LogP contribution in [0.2, 0.25) is 0 Å². The van der Waals surface area contributed by atoms with Gasteiger partial charge in [-0.2, -0.15) is 0 Å². The summed E-state index contributed by atoms with van der Waals surface area (Å²) >= 11 is 0. The molecule has 0 unspecified atom stereocenters. The van der Waals surface area contributed by atoms with E-state index in [1.807, 2.05) is 0 Å². The van der Waals surface area contributed by atoms with E-state index in [2.05, 4.69) is 11.9 Å². The van der Waals surface area contributed by atoms with E-state index in [-0.39, 0.29) is 0 Å². The highest BCUT2D eigenvalue weighted by molar-refractivity contribution is 5.98. The fourth-order valence-corrected chi connectivity index (χ4v) is 1.09. The Labute approximate surface area is 82.6 Å². The van der Waals surface area contributed by atoms with E-state index in [4.69, 9.17) is 11.5 Å². The predicted molar refractivity (Wildman–Crippen MR) is 58.1 cm³/mol. The van der Waals surface area contributed by atoms with Crippen LogP contribution in [0.25, 0.3) is 0 Å². The standard InChI is InChI=1S/C10H13N3O/c1-2-5-13-7-3-4-8(10(12)14)9(11)6-7/h2-4,6,13H,1,5,11H2,(H2,12,14). The first kappa shape index (κ1) is 10.1. The van der Waals surface area contributed by atoms with Crippen molar-refractivity contribution >= 4 is 17.3 Å². The van der Waals surface area contributed by atoms with Crippen LogP contribution in [0.4, 0.5) is 11.4 Å². The molecular formula is C10H13N3O. The van der Waals surface area contributed by atoms with Gasteiger partial charge in [0.25, 0.3) is 5.91 Å². The van der Waals surface area contributed by atoms with Gasteiger partial charge in [0.2, 0.25) is 0 Å². The summed E-state index contributed by atoms with van der Waals surface area (Å²) in [6.07, 6.45) is 1.73. The maximum absolute atomic E-state index is 10.9. The Bertz CT molecular complexity index is 360. The van der Waals surface area contributed by atoms with Gasteiger partial charge in [0.1, 0.15) is 0 Å². The third kappa shape index (κ3) is 2.26. The highest BCUT2D eigenvalue weighted by atomic mass is 16.1. The molecule has 0 aliphatic heterocycles. The van der Waals surface area contributed by atoms with Crippen LogP contribution < -0.4 is 16.8 Å². The van der Waals surface area contributed by atoms with Crippen molar-refractivity contribution in [1.82, 2.24) is 0 Å².